The third-order valence-corrected chi connectivity index (χ3v) is 5.04. The highest BCUT2D eigenvalue weighted by Crippen LogP contribution is 2.29. The van der Waals surface area contributed by atoms with Crippen molar-refractivity contribution in [3.63, 3.8) is 0 Å². The first-order chi connectivity index (χ1) is 14.4. The third kappa shape index (κ3) is 4.05. The van der Waals surface area contributed by atoms with Crippen LogP contribution in [0, 0.1) is 0 Å². The zero-order valence-electron chi connectivity index (χ0n) is 16.6. The maximum Gasteiger partial charge on any atom is 0.408 e. The normalized spacial score (nSPS) is 12.0. The molecule has 158 valence electrons. The molecular formula is C21H21F3N4O2. The van der Waals surface area contributed by atoms with Gasteiger partial charge in [-0.15, -0.1) is 0 Å². The van der Waals surface area contributed by atoms with Gasteiger partial charge >= 0.3 is 6.18 Å². The molecule has 0 atom stereocenters. The SMILES string of the molecule is COc1ccc2cnn(CCCc3cc4cnn(CC(F)(F)F)c4cc3OC)c2c1. The minimum atomic E-state index is -4.33. The van der Waals surface area contributed by atoms with E-state index in [-0.39, 0.29) is 0 Å². The second kappa shape index (κ2) is 7.89. The van der Waals surface area contributed by atoms with Crippen LogP contribution in [0.25, 0.3) is 21.8 Å². The van der Waals surface area contributed by atoms with Gasteiger partial charge in [0.25, 0.3) is 0 Å². The van der Waals surface area contributed by atoms with Crippen molar-refractivity contribution < 1.29 is 22.6 Å². The lowest BCUT2D eigenvalue weighted by molar-refractivity contribution is -0.141. The lowest BCUT2D eigenvalue weighted by Gasteiger charge is -2.12. The number of aryl methyl sites for hydroxylation is 2. The molecular weight excluding hydrogens is 397 g/mol. The Balaban J connectivity index is 1.53. The summed E-state index contributed by atoms with van der Waals surface area (Å²) in [6.07, 6.45) is 0.412. The van der Waals surface area contributed by atoms with Gasteiger partial charge in [0.2, 0.25) is 0 Å². The van der Waals surface area contributed by atoms with Crippen LogP contribution in [0.3, 0.4) is 0 Å². The van der Waals surface area contributed by atoms with E-state index in [0.29, 0.717) is 29.6 Å². The average Bonchev–Trinajstić information content (AvgIpc) is 3.29. The van der Waals surface area contributed by atoms with Gasteiger partial charge in [-0.2, -0.15) is 23.4 Å². The van der Waals surface area contributed by atoms with Crippen LogP contribution in [-0.4, -0.2) is 40.0 Å². The van der Waals surface area contributed by atoms with E-state index < -0.39 is 12.7 Å². The molecule has 0 aliphatic carbocycles. The van der Waals surface area contributed by atoms with Crippen LogP contribution in [-0.2, 0) is 19.5 Å². The van der Waals surface area contributed by atoms with E-state index >= 15 is 0 Å². The molecule has 0 saturated heterocycles. The van der Waals surface area contributed by atoms with E-state index in [9.17, 15) is 13.2 Å². The molecule has 0 unspecified atom stereocenters. The topological polar surface area (TPSA) is 54.1 Å². The predicted molar refractivity (Wildman–Crippen MR) is 107 cm³/mol. The maximum absolute atomic E-state index is 12.8. The van der Waals surface area contributed by atoms with Crippen molar-refractivity contribution in [2.45, 2.75) is 32.1 Å². The van der Waals surface area contributed by atoms with E-state index in [1.165, 1.54) is 13.3 Å². The van der Waals surface area contributed by atoms with E-state index in [0.717, 1.165) is 33.3 Å². The van der Waals surface area contributed by atoms with Crippen molar-refractivity contribution in [1.82, 2.24) is 19.6 Å². The lowest BCUT2D eigenvalue weighted by atomic mass is 10.1. The molecule has 0 saturated carbocycles. The largest absolute Gasteiger partial charge is 0.497 e. The van der Waals surface area contributed by atoms with Crippen molar-refractivity contribution in [2.24, 2.45) is 0 Å². The second-order valence-electron chi connectivity index (χ2n) is 7.04. The summed E-state index contributed by atoms with van der Waals surface area (Å²) in [4.78, 5) is 0. The number of rotatable bonds is 7. The molecule has 0 spiro atoms. The molecule has 4 aromatic rings. The van der Waals surface area contributed by atoms with Crippen molar-refractivity contribution in [1.29, 1.82) is 0 Å². The summed E-state index contributed by atoms with van der Waals surface area (Å²) in [5, 5.41) is 10.0. The molecule has 0 aliphatic rings. The molecule has 0 radical (unpaired) electrons. The molecule has 6 nitrogen and oxygen atoms in total. The summed E-state index contributed by atoms with van der Waals surface area (Å²) in [5.41, 5.74) is 2.31. The number of hydrogen-bond acceptors (Lipinski definition) is 4. The van der Waals surface area contributed by atoms with Gasteiger partial charge in [0, 0.05) is 29.4 Å². The monoisotopic (exact) mass is 418 g/mol. The minimum Gasteiger partial charge on any atom is -0.497 e. The van der Waals surface area contributed by atoms with E-state index in [1.807, 2.05) is 35.1 Å². The van der Waals surface area contributed by atoms with E-state index in [2.05, 4.69) is 10.2 Å². The van der Waals surface area contributed by atoms with Gasteiger partial charge in [-0.1, -0.05) is 0 Å². The Morgan fingerprint density at radius 1 is 0.900 bits per heavy atom. The number of hydrogen-bond donors (Lipinski definition) is 0. The highest BCUT2D eigenvalue weighted by atomic mass is 19.4. The standard InChI is InChI=1S/C21H21F3N4O2/c1-29-17-6-5-15-11-25-27(18(15)9-17)7-3-4-14-8-16-12-26-28(13-21(22,23)24)19(16)10-20(14)30-2/h5-6,8-12H,3-4,7,13H2,1-2H3. The van der Waals surface area contributed by atoms with Crippen molar-refractivity contribution in [2.75, 3.05) is 14.2 Å². The second-order valence-corrected chi connectivity index (χ2v) is 7.04. The molecule has 4 rings (SSSR count). The quantitative estimate of drug-likeness (QED) is 0.440. The number of fused-ring (bicyclic) bond motifs is 2. The molecule has 0 fully saturated rings. The first-order valence-electron chi connectivity index (χ1n) is 9.46. The first kappa shape index (κ1) is 20.1. The Morgan fingerprint density at radius 3 is 2.37 bits per heavy atom. The third-order valence-electron chi connectivity index (χ3n) is 5.04. The average molecular weight is 418 g/mol. The molecule has 2 aromatic heterocycles. The van der Waals surface area contributed by atoms with Gasteiger partial charge < -0.3 is 9.47 Å². The number of aromatic nitrogens is 4. The van der Waals surface area contributed by atoms with Crippen LogP contribution in [0.2, 0.25) is 0 Å². The number of halogens is 3. The summed E-state index contributed by atoms with van der Waals surface area (Å²) in [5.74, 6) is 1.32. The molecule has 0 bridgehead atoms. The Labute approximate surface area is 170 Å². The highest BCUT2D eigenvalue weighted by molar-refractivity contribution is 5.82. The summed E-state index contributed by atoms with van der Waals surface area (Å²) in [6.45, 7) is -0.444. The van der Waals surface area contributed by atoms with Crippen molar-refractivity contribution >= 4 is 21.8 Å². The minimum absolute atomic E-state index is 0.401. The number of ether oxygens (including phenoxy) is 2. The van der Waals surface area contributed by atoms with Crippen molar-refractivity contribution in [3.8, 4) is 11.5 Å². The first-order valence-corrected chi connectivity index (χ1v) is 9.46. The van der Waals surface area contributed by atoms with Crippen LogP contribution in [0.5, 0.6) is 11.5 Å². The molecule has 2 heterocycles. The summed E-state index contributed by atoms with van der Waals surface area (Å²) in [6, 6.07) is 9.28. The molecule has 0 aliphatic heterocycles. The number of methoxy groups -OCH3 is 2. The lowest BCUT2D eigenvalue weighted by Crippen LogP contribution is -2.18. The highest BCUT2D eigenvalue weighted by Gasteiger charge is 2.29. The van der Waals surface area contributed by atoms with E-state index in [1.54, 1.807) is 13.2 Å². The van der Waals surface area contributed by atoms with Gasteiger partial charge in [0.05, 0.1) is 37.6 Å². The van der Waals surface area contributed by atoms with Gasteiger partial charge in [-0.25, -0.2) is 0 Å². The smallest absolute Gasteiger partial charge is 0.408 e. The van der Waals surface area contributed by atoms with Crippen molar-refractivity contribution in [3.05, 3.63) is 48.3 Å². The molecule has 9 heteroatoms. The summed E-state index contributed by atoms with van der Waals surface area (Å²) >= 11 is 0. The fourth-order valence-corrected chi connectivity index (χ4v) is 3.61. The Morgan fingerprint density at radius 2 is 1.63 bits per heavy atom. The number of benzene rings is 2. The Hall–Kier alpha value is -3.23. The fourth-order valence-electron chi connectivity index (χ4n) is 3.61. The van der Waals surface area contributed by atoms with Gasteiger partial charge in [0.15, 0.2) is 0 Å². The van der Waals surface area contributed by atoms with Gasteiger partial charge in [0.1, 0.15) is 18.0 Å². The molecule has 0 N–H and O–H groups in total. The van der Waals surface area contributed by atoms with Gasteiger partial charge in [-0.05, 0) is 36.6 Å². The number of nitrogens with zero attached hydrogens (tertiary/aromatic N) is 4. The van der Waals surface area contributed by atoms with Crippen LogP contribution >= 0.6 is 0 Å². The summed E-state index contributed by atoms with van der Waals surface area (Å²) < 4.78 is 51.9. The van der Waals surface area contributed by atoms with Crippen LogP contribution in [0.15, 0.2) is 42.7 Å². The molecule has 0 amide bonds. The Bertz CT molecular complexity index is 1180. The van der Waals surface area contributed by atoms with Crippen LogP contribution in [0.1, 0.15) is 12.0 Å². The maximum atomic E-state index is 12.8. The molecule has 30 heavy (non-hydrogen) atoms. The van der Waals surface area contributed by atoms with E-state index in [4.69, 9.17) is 9.47 Å². The zero-order chi connectivity index (χ0) is 21.3. The Kier molecular flexibility index (Phi) is 5.27. The van der Waals surface area contributed by atoms with Crippen LogP contribution < -0.4 is 9.47 Å². The van der Waals surface area contributed by atoms with Gasteiger partial charge in [-0.3, -0.25) is 9.36 Å². The summed E-state index contributed by atoms with van der Waals surface area (Å²) in [7, 11) is 3.14. The number of alkyl halides is 3. The molecule has 2 aromatic carbocycles. The van der Waals surface area contributed by atoms with Crippen LogP contribution in [0.4, 0.5) is 13.2 Å². The zero-order valence-corrected chi connectivity index (χ0v) is 16.6. The predicted octanol–water partition coefficient (Wildman–Crippen LogP) is 4.60. The fraction of sp³-hybridized carbons (Fsp3) is 0.333.